The van der Waals surface area contributed by atoms with E-state index < -0.39 is 5.97 Å². The first kappa shape index (κ1) is 23.5. The highest BCUT2D eigenvalue weighted by Crippen LogP contribution is 2.63. The van der Waals surface area contributed by atoms with Gasteiger partial charge in [-0.05, 0) is 54.8 Å². The number of hydrogen-bond donors (Lipinski definition) is 1. The molecular formula is C24H38O5. The van der Waals surface area contributed by atoms with E-state index in [1.807, 2.05) is 0 Å². The van der Waals surface area contributed by atoms with Gasteiger partial charge in [-0.1, -0.05) is 32.9 Å². The molecule has 2 aliphatic carbocycles. The van der Waals surface area contributed by atoms with Crippen molar-refractivity contribution in [2.24, 2.45) is 22.7 Å². The number of carbonyl (C=O) groups excluding carboxylic acids is 2. The van der Waals surface area contributed by atoms with Crippen LogP contribution in [0.3, 0.4) is 0 Å². The van der Waals surface area contributed by atoms with Crippen molar-refractivity contribution in [2.75, 3.05) is 13.2 Å². The van der Waals surface area contributed by atoms with Gasteiger partial charge in [0.2, 0.25) is 0 Å². The zero-order valence-corrected chi connectivity index (χ0v) is 18.8. The zero-order valence-electron chi connectivity index (χ0n) is 18.8. The lowest BCUT2D eigenvalue weighted by Crippen LogP contribution is -2.50. The number of allylic oxidation sites excluding steroid dienone is 2. The quantitative estimate of drug-likeness (QED) is 0.343. The molecule has 0 heterocycles. The Hall–Kier alpha value is -1.78. The second kappa shape index (κ2) is 9.36. The second-order valence-electron chi connectivity index (χ2n) is 9.51. The molecule has 4 unspecified atom stereocenters. The number of aliphatic hydroxyl groups excluding tert-OH is 1. The molecule has 0 amide bonds. The number of fused-ring (bicyclic) bond motifs is 1. The van der Waals surface area contributed by atoms with Crippen LogP contribution in [0.2, 0.25) is 0 Å². The summed E-state index contributed by atoms with van der Waals surface area (Å²) in [6.07, 6.45) is 6.57. The predicted octanol–water partition coefficient (Wildman–Crippen LogP) is 5.50. The van der Waals surface area contributed by atoms with Gasteiger partial charge in [0.1, 0.15) is 6.61 Å². The Morgan fingerprint density at radius 3 is 2.45 bits per heavy atom. The number of carbonyl (C=O) groups is 2. The highest BCUT2D eigenvalue weighted by Gasteiger charge is 2.54. The number of rotatable bonds is 7. The van der Waals surface area contributed by atoms with Gasteiger partial charge in [-0.15, -0.1) is 0 Å². The van der Waals surface area contributed by atoms with Gasteiger partial charge in [0, 0.05) is 32.3 Å². The molecule has 2 aliphatic rings. The molecule has 5 nitrogen and oxygen atoms in total. The summed E-state index contributed by atoms with van der Waals surface area (Å²) in [5.74, 6) is 0.452. The maximum absolute atomic E-state index is 11.3. The van der Waals surface area contributed by atoms with E-state index in [1.54, 1.807) is 0 Å². The van der Waals surface area contributed by atoms with Crippen molar-refractivity contribution in [1.82, 2.24) is 0 Å². The fraction of sp³-hybridized carbons (Fsp3) is 0.750. The number of esters is 2. The molecule has 164 valence electrons. The molecule has 2 rings (SSSR count). The van der Waals surface area contributed by atoms with Crippen molar-refractivity contribution < 1.29 is 24.2 Å². The summed E-state index contributed by atoms with van der Waals surface area (Å²) in [7, 11) is 0. The maximum atomic E-state index is 11.3. The first-order chi connectivity index (χ1) is 13.5. The third kappa shape index (κ3) is 5.23. The Morgan fingerprint density at radius 1 is 1.17 bits per heavy atom. The van der Waals surface area contributed by atoms with E-state index in [1.165, 1.54) is 19.4 Å². The van der Waals surface area contributed by atoms with Crippen molar-refractivity contribution in [3.63, 3.8) is 0 Å². The fourth-order valence-corrected chi connectivity index (χ4v) is 5.56. The van der Waals surface area contributed by atoms with Crippen LogP contribution in [0, 0.1) is 22.7 Å². The number of ether oxygens (including phenoxy) is 2. The SMILES string of the molecule is C=C1CCCC2C1(C)CCC(C)C2(C)C/C(O)=C(\CCOC(C)=O)COC(C)=O. The topological polar surface area (TPSA) is 72.8 Å². The molecule has 0 aromatic rings. The van der Waals surface area contributed by atoms with Crippen LogP contribution < -0.4 is 0 Å². The van der Waals surface area contributed by atoms with Gasteiger partial charge >= 0.3 is 11.9 Å². The predicted molar refractivity (Wildman–Crippen MR) is 113 cm³/mol. The molecule has 1 N–H and O–H groups in total. The number of aliphatic hydroxyl groups is 1. The van der Waals surface area contributed by atoms with Crippen molar-refractivity contribution >= 4 is 11.9 Å². The summed E-state index contributed by atoms with van der Waals surface area (Å²) in [6, 6.07) is 0. The van der Waals surface area contributed by atoms with Crippen LogP contribution in [0.4, 0.5) is 0 Å². The smallest absolute Gasteiger partial charge is 0.302 e. The molecule has 29 heavy (non-hydrogen) atoms. The van der Waals surface area contributed by atoms with E-state index in [4.69, 9.17) is 9.47 Å². The average molecular weight is 407 g/mol. The summed E-state index contributed by atoms with van der Waals surface area (Å²) >= 11 is 0. The Labute approximate surface area is 175 Å². The van der Waals surface area contributed by atoms with E-state index in [-0.39, 0.29) is 35.8 Å². The molecule has 2 fully saturated rings. The molecule has 0 aliphatic heterocycles. The van der Waals surface area contributed by atoms with Gasteiger partial charge in [0.05, 0.1) is 12.4 Å². The summed E-state index contributed by atoms with van der Waals surface area (Å²) in [5, 5.41) is 11.1. The molecule has 0 spiro atoms. The molecule has 0 aromatic carbocycles. The first-order valence-corrected chi connectivity index (χ1v) is 10.9. The van der Waals surface area contributed by atoms with E-state index in [2.05, 4.69) is 27.4 Å². The largest absolute Gasteiger partial charge is 0.512 e. The average Bonchev–Trinajstić information content (AvgIpc) is 2.63. The van der Waals surface area contributed by atoms with Crippen LogP contribution in [0.1, 0.15) is 79.6 Å². The lowest BCUT2D eigenvalue weighted by Gasteiger charge is -2.58. The third-order valence-electron chi connectivity index (χ3n) is 7.68. The van der Waals surface area contributed by atoms with E-state index in [0.717, 1.165) is 32.1 Å². The summed E-state index contributed by atoms with van der Waals surface area (Å²) < 4.78 is 10.2. The van der Waals surface area contributed by atoms with Gasteiger partial charge in [-0.25, -0.2) is 0 Å². The fourth-order valence-electron chi connectivity index (χ4n) is 5.56. The normalized spacial score (nSPS) is 32.8. The molecule has 0 radical (unpaired) electrons. The first-order valence-electron chi connectivity index (χ1n) is 10.9. The minimum atomic E-state index is -0.392. The van der Waals surface area contributed by atoms with Crippen LogP contribution in [-0.4, -0.2) is 30.3 Å². The summed E-state index contributed by atoms with van der Waals surface area (Å²) in [4.78, 5) is 22.4. The number of hydrogen-bond acceptors (Lipinski definition) is 5. The molecule has 5 heteroatoms. The van der Waals surface area contributed by atoms with E-state index in [9.17, 15) is 14.7 Å². The van der Waals surface area contributed by atoms with Crippen LogP contribution in [0.25, 0.3) is 0 Å². The molecular weight excluding hydrogens is 368 g/mol. The molecule has 2 saturated carbocycles. The lowest BCUT2D eigenvalue weighted by molar-refractivity contribution is -0.142. The van der Waals surface area contributed by atoms with Crippen LogP contribution in [0.15, 0.2) is 23.5 Å². The lowest BCUT2D eigenvalue weighted by atomic mass is 9.46. The Balaban J connectivity index is 2.28. The summed E-state index contributed by atoms with van der Waals surface area (Å²) in [6.45, 7) is 14.2. The minimum Gasteiger partial charge on any atom is -0.512 e. The molecule has 0 aromatic heterocycles. The Kier molecular flexibility index (Phi) is 7.58. The maximum Gasteiger partial charge on any atom is 0.302 e. The molecule has 0 saturated heterocycles. The van der Waals surface area contributed by atoms with Gasteiger partial charge in [-0.2, -0.15) is 0 Å². The third-order valence-corrected chi connectivity index (χ3v) is 7.68. The van der Waals surface area contributed by atoms with E-state index in [0.29, 0.717) is 30.3 Å². The standard InChI is InChI=1S/C24H38O5/c1-16-8-7-9-22-23(16,5)12-10-17(2)24(22,6)14-21(27)20(15-29-19(4)26)11-13-28-18(3)25/h17,22,27H,1,7-15H2,2-6H3/b21-20-. The highest BCUT2D eigenvalue weighted by atomic mass is 16.5. The van der Waals surface area contributed by atoms with Crippen molar-refractivity contribution in [3.05, 3.63) is 23.5 Å². The Morgan fingerprint density at radius 2 is 1.83 bits per heavy atom. The van der Waals surface area contributed by atoms with Crippen LogP contribution in [-0.2, 0) is 19.1 Å². The minimum absolute atomic E-state index is 0.0293. The zero-order chi connectivity index (χ0) is 21.8. The monoisotopic (exact) mass is 406 g/mol. The molecule has 0 bridgehead atoms. The van der Waals surface area contributed by atoms with Gasteiger partial charge in [0.25, 0.3) is 0 Å². The van der Waals surface area contributed by atoms with E-state index >= 15 is 0 Å². The summed E-state index contributed by atoms with van der Waals surface area (Å²) in [5.41, 5.74) is 2.04. The van der Waals surface area contributed by atoms with Crippen molar-refractivity contribution in [3.8, 4) is 0 Å². The van der Waals surface area contributed by atoms with Gasteiger partial charge < -0.3 is 14.6 Å². The second-order valence-corrected chi connectivity index (χ2v) is 9.51. The highest BCUT2D eigenvalue weighted by molar-refractivity contribution is 5.66. The van der Waals surface area contributed by atoms with Gasteiger partial charge in [0.15, 0.2) is 0 Å². The van der Waals surface area contributed by atoms with Crippen molar-refractivity contribution in [2.45, 2.75) is 79.6 Å². The Bertz CT molecular complexity index is 679. The van der Waals surface area contributed by atoms with Crippen LogP contribution >= 0.6 is 0 Å². The van der Waals surface area contributed by atoms with Crippen LogP contribution in [0.5, 0.6) is 0 Å². The van der Waals surface area contributed by atoms with Gasteiger partial charge in [-0.3, -0.25) is 9.59 Å². The van der Waals surface area contributed by atoms with Crippen molar-refractivity contribution in [1.29, 1.82) is 0 Å². The molecule has 4 atom stereocenters.